The summed E-state index contributed by atoms with van der Waals surface area (Å²) in [5, 5.41) is 0. The summed E-state index contributed by atoms with van der Waals surface area (Å²) >= 11 is 1.23. The molecule has 8 heteroatoms. The molecule has 30 heavy (non-hydrogen) atoms. The van der Waals surface area contributed by atoms with Gasteiger partial charge in [0, 0.05) is 43.8 Å². The molecule has 0 aliphatic carbocycles. The highest BCUT2D eigenvalue weighted by molar-refractivity contribution is 7.95. The molecule has 0 bridgehead atoms. The molecular formula is C22H34N2O5S. The van der Waals surface area contributed by atoms with Crippen molar-refractivity contribution in [1.29, 1.82) is 0 Å². The maximum atomic E-state index is 12.7. The minimum atomic E-state index is -0.502. The Hall–Kier alpha value is -1.93. The van der Waals surface area contributed by atoms with Crippen LogP contribution in [0.15, 0.2) is 18.2 Å². The van der Waals surface area contributed by atoms with Gasteiger partial charge in [0.05, 0.1) is 13.0 Å². The number of fused-ring (bicyclic) bond motifs is 1. The van der Waals surface area contributed by atoms with Crippen LogP contribution in [0.1, 0.15) is 59.4 Å². The van der Waals surface area contributed by atoms with Crippen LogP contribution in [0.25, 0.3) is 0 Å². The Balaban J connectivity index is 1.91. The highest BCUT2D eigenvalue weighted by atomic mass is 32.2. The molecule has 0 N–H and O–H groups in total. The Bertz CT molecular complexity index is 738. The quantitative estimate of drug-likeness (QED) is 0.294. The van der Waals surface area contributed by atoms with Gasteiger partial charge in [-0.2, -0.15) is 0 Å². The standard InChI is InChI=1S/C22H34N2O5S/c1-7-8-14-27-19(25)12-13-24(16(2)3)30-23(6)21(26)28-18-11-9-10-17-15-22(4,5)29-20(17)18/h9-11,16H,7-8,12-15H2,1-6H3. The smallest absolute Gasteiger partial charge is 0.426 e. The van der Waals surface area contributed by atoms with Crippen LogP contribution in [0.4, 0.5) is 4.79 Å². The predicted octanol–water partition coefficient (Wildman–Crippen LogP) is 4.84. The first-order chi connectivity index (χ1) is 14.1. The number of amides is 1. The van der Waals surface area contributed by atoms with Crippen molar-refractivity contribution in [1.82, 2.24) is 8.61 Å². The number of nitrogens with zero attached hydrogens (tertiary/aromatic N) is 2. The Morgan fingerprint density at radius 3 is 2.70 bits per heavy atom. The zero-order chi connectivity index (χ0) is 22.3. The van der Waals surface area contributed by atoms with E-state index >= 15 is 0 Å². The van der Waals surface area contributed by atoms with Gasteiger partial charge in [-0.25, -0.2) is 13.4 Å². The zero-order valence-electron chi connectivity index (χ0n) is 18.9. The summed E-state index contributed by atoms with van der Waals surface area (Å²) in [7, 11) is 1.65. The van der Waals surface area contributed by atoms with E-state index in [1.54, 1.807) is 13.1 Å². The number of esters is 1. The van der Waals surface area contributed by atoms with Crippen molar-refractivity contribution >= 4 is 24.2 Å². The minimum absolute atomic E-state index is 0.124. The number of carbonyl (C=O) groups excluding carboxylic acids is 2. The molecule has 0 aromatic heterocycles. The van der Waals surface area contributed by atoms with Gasteiger partial charge in [-0.05, 0) is 40.2 Å². The summed E-state index contributed by atoms with van der Waals surface area (Å²) < 4.78 is 20.2. The summed E-state index contributed by atoms with van der Waals surface area (Å²) in [5.41, 5.74) is 0.720. The van der Waals surface area contributed by atoms with Gasteiger partial charge in [0.25, 0.3) is 0 Å². The second-order valence-electron chi connectivity index (χ2n) is 8.29. The van der Waals surface area contributed by atoms with E-state index in [0.717, 1.165) is 24.8 Å². The van der Waals surface area contributed by atoms with Gasteiger partial charge in [-0.3, -0.25) is 4.79 Å². The van der Waals surface area contributed by atoms with Crippen LogP contribution in [0.3, 0.4) is 0 Å². The molecule has 1 aromatic rings. The summed E-state index contributed by atoms with van der Waals surface area (Å²) in [5.74, 6) is 0.829. The van der Waals surface area contributed by atoms with Crippen LogP contribution >= 0.6 is 12.1 Å². The first-order valence-corrected chi connectivity index (χ1v) is 11.2. The molecule has 0 radical (unpaired) electrons. The van der Waals surface area contributed by atoms with Crippen molar-refractivity contribution in [3.05, 3.63) is 23.8 Å². The average molecular weight is 439 g/mol. The van der Waals surface area contributed by atoms with Crippen LogP contribution in [0.2, 0.25) is 0 Å². The Labute approximate surface area is 184 Å². The largest absolute Gasteiger partial charge is 0.483 e. The second-order valence-corrected chi connectivity index (χ2v) is 9.47. The summed E-state index contributed by atoms with van der Waals surface area (Å²) in [6.45, 7) is 11.0. The minimum Gasteiger partial charge on any atom is -0.483 e. The third kappa shape index (κ3) is 7.09. The van der Waals surface area contributed by atoms with E-state index in [4.69, 9.17) is 14.2 Å². The van der Waals surface area contributed by atoms with Gasteiger partial charge in [0.2, 0.25) is 0 Å². The second kappa shape index (κ2) is 10.9. The van der Waals surface area contributed by atoms with E-state index in [0.29, 0.717) is 24.7 Å². The van der Waals surface area contributed by atoms with Gasteiger partial charge < -0.3 is 14.2 Å². The van der Waals surface area contributed by atoms with Crippen molar-refractivity contribution in [3.63, 3.8) is 0 Å². The fourth-order valence-corrected chi connectivity index (χ4v) is 3.79. The molecule has 0 unspecified atom stereocenters. The fraction of sp³-hybridized carbons (Fsp3) is 0.636. The van der Waals surface area contributed by atoms with E-state index < -0.39 is 6.09 Å². The number of carbonyl (C=O) groups is 2. The molecular weight excluding hydrogens is 404 g/mol. The lowest BCUT2D eigenvalue weighted by atomic mass is 10.0. The Morgan fingerprint density at radius 1 is 1.30 bits per heavy atom. The van der Waals surface area contributed by atoms with Crippen molar-refractivity contribution < 1.29 is 23.8 Å². The highest BCUT2D eigenvalue weighted by Gasteiger charge is 2.33. The third-order valence-electron chi connectivity index (χ3n) is 4.61. The maximum Gasteiger partial charge on any atom is 0.426 e. The highest BCUT2D eigenvalue weighted by Crippen LogP contribution is 2.42. The molecule has 0 saturated carbocycles. The number of hydrogen-bond donors (Lipinski definition) is 0. The van der Waals surface area contributed by atoms with Crippen molar-refractivity contribution in [2.24, 2.45) is 0 Å². The molecule has 1 aliphatic heterocycles. The van der Waals surface area contributed by atoms with Crippen LogP contribution in [0, 0.1) is 0 Å². The van der Waals surface area contributed by atoms with Gasteiger partial charge in [-0.15, -0.1) is 0 Å². The molecule has 0 fully saturated rings. The SMILES string of the molecule is CCCCOC(=O)CCN(SN(C)C(=O)Oc1cccc2c1OC(C)(C)C2)C(C)C. The molecule has 1 amide bonds. The normalized spacial score (nSPS) is 14.4. The topological polar surface area (TPSA) is 68.3 Å². The molecule has 168 valence electrons. The van der Waals surface area contributed by atoms with Crippen molar-refractivity contribution in [2.45, 2.75) is 71.9 Å². The first-order valence-electron chi connectivity index (χ1n) is 10.5. The van der Waals surface area contributed by atoms with Gasteiger partial charge in [0.1, 0.15) is 5.60 Å². The number of benzene rings is 1. The molecule has 0 saturated heterocycles. The molecule has 0 atom stereocenters. The number of unbranched alkanes of at least 4 members (excludes halogenated alkanes) is 1. The van der Waals surface area contributed by atoms with Crippen molar-refractivity contribution in [2.75, 3.05) is 20.2 Å². The number of para-hydroxylation sites is 1. The van der Waals surface area contributed by atoms with Crippen LogP contribution in [0.5, 0.6) is 11.5 Å². The number of rotatable bonds is 10. The first kappa shape index (κ1) is 24.3. The summed E-state index contributed by atoms with van der Waals surface area (Å²) in [6, 6.07) is 5.71. The number of hydrogen-bond acceptors (Lipinski definition) is 7. The van der Waals surface area contributed by atoms with Crippen molar-refractivity contribution in [3.8, 4) is 11.5 Å². The molecule has 1 aromatic carbocycles. The lowest BCUT2D eigenvalue weighted by molar-refractivity contribution is -0.143. The molecule has 0 spiro atoms. The molecule has 1 heterocycles. The lowest BCUT2D eigenvalue weighted by Crippen LogP contribution is -2.34. The molecule has 7 nitrogen and oxygen atoms in total. The zero-order valence-corrected chi connectivity index (χ0v) is 19.7. The average Bonchev–Trinajstić information content (AvgIpc) is 2.99. The van der Waals surface area contributed by atoms with Gasteiger partial charge >= 0.3 is 12.1 Å². The van der Waals surface area contributed by atoms with Gasteiger partial charge in [0.15, 0.2) is 11.5 Å². The van der Waals surface area contributed by atoms with E-state index in [1.165, 1.54) is 16.4 Å². The van der Waals surface area contributed by atoms with Crippen LogP contribution < -0.4 is 9.47 Å². The molecule has 1 aliphatic rings. The summed E-state index contributed by atoms with van der Waals surface area (Å²) in [4.78, 5) is 24.5. The van der Waals surface area contributed by atoms with Gasteiger partial charge in [-0.1, -0.05) is 25.5 Å². The molecule has 2 rings (SSSR count). The maximum absolute atomic E-state index is 12.7. The third-order valence-corrected chi connectivity index (χ3v) is 5.82. The van der Waals surface area contributed by atoms with E-state index in [9.17, 15) is 9.59 Å². The summed E-state index contributed by atoms with van der Waals surface area (Å²) in [6.07, 6.45) is 2.40. The van der Waals surface area contributed by atoms with Crippen LogP contribution in [-0.2, 0) is 16.0 Å². The predicted molar refractivity (Wildman–Crippen MR) is 119 cm³/mol. The van der Waals surface area contributed by atoms with E-state index in [-0.39, 0.29) is 24.0 Å². The number of ether oxygens (including phenoxy) is 3. The Morgan fingerprint density at radius 2 is 2.03 bits per heavy atom. The fourth-order valence-electron chi connectivity index (χ4n) is 3.01. The van der Waals surface area contributed by atoms with Crippen LogP contribution in [-0.4, -0.2) is 52.5 Å². The monoisotopic (exact) mass is 438 g/mol. The Kier molecular flexibility index (Phi) is 8.85. The van der Waals surface area contributed by atoms with E-state index in [1.807, 2.05) is 44.1 Å². The van der Waals surface area contributed by atoms with E-state index in [2.05, 4.69) is 6.92 Å². The lowest BCUT2D eigenvalue weighted by Gasteiger charge is -2.28.